The Morgan fingerprint density at radius 1 is 1.53 bits per heavy atom. The molecule has 0 bridgehead atoms. The van der Waals surface area contributed by atoms with E-state index in [-0.39, 0.29) is 11.9 Å². The van der Waals surface area contributed by atoms with Crippen LogP contribution >= 0.6 is 0 Å². The van der Waals surface area contributed by atoms with Crippen LogP contribution in [0, 0.1) is 0 Å². The van der Waals surface area contributed by atoms with Crippen molar-refractivity contribution >= 4 is 11.9 Å². The monoisotopic (exact) mass is 242 g/mol. The summed E-state index contributed by atoms with van der Waals surface area (Å²) in [4.78, 5) is 24.3. The Kier molecular flexibility index (Phi) is 5.41. The molecule has 5 nitrogen and oxygen atoms in total. The molecule has 1 aliphatic heterocycles. The minimum absolute atomic E-state index is 0.0716. The predicted molar refractivity (Wildman–Crippen MR) is 64.7 cm³/mol. The number of carboxylic acid groups (broad SMARTS) is 1. The Labute approximate surface area is 102 Å². The minimum Gasteiger partial charge on any atom is -0.480 e. The van der Waals surface area contributed by atoms with Gasteiger partial charge in [0.25, 0.3) is 0 Å². The van der Waals surface area contributed by atoms with Crippen molar-refractivity contribution in [3.63, 3.8) is 0 Å². The number of nitrogens with zero attached hydrogens (tertiary/aromatic N) is 1. The van der Waals surface area contributed by atoms with E-state index in [0.717, 1.165) is 25.8 Å². The highest BCUT2D eigenvalue weighted by atomic mass is 16.4. The summed E-state index contributed by atoms with van der Waals surface area (Å²) in [6.07, 6.45) is 3.27. The molecule has 1 rings (SSSR count). The quantitative estimate of drug-likeness (QED) is 0.749. The average molecular weight is 242 g/mol. The van der Waals surface area contributed by atoms with Crippen LogP contribution in [0.3, 0.4) is 0 Å². The molecular formula is C12H22N2O3. The third kappa shape index (κ3) is 4.34. The van der Waals surface area contributed by atoms with Crippen molar-refractivity contribution in [1.82, 2.24) is 10.2 Å². The first kappa shape index (κ1) is 14.0. The van der Waals surface area contributed by atoms with Gasteiger partial charge in [0.05, 0.1) is 0 Å². The van der Waals surface area contributed by atoms with E-state index in [0.29, 0.717) is 13.0 Å². The second-order valence-electron chi connectivity index (χ2n) is 4.67. The average Bonchev–Trinajstić information content (AvgIpc) is 2.28. The second-order valence-corrected chi connectivity index (χ2v) is 4.67. The normalized spacial score (nSPS) is 23.1. The molecule has 1 fully saturated rings. The molecule has 2 atom stereocenters. The molecule has 0 aliphatic carbocycles. The lowest BCUT2D eigenvalue weighted by Crippen LogP contribution is -2.52. The number of carbonyl (C=O) groups is 2. The lowest BCUT2D eigenvalue weighted by atomic mass is 10.0. The van der Waals surface area contributed by atoms with Crippen LogP contribution in [0.1, 0.15) is 39.5 Å². The molecule has 1 saturated heterocycles. The van der Waals surface area contributed by atoms with Crippen LogP contribution in [0.25, 0.3) is 0 Å². The standard InChI is InChI=1S/C12H22N2O3/c1-3-5-11(15)13-10-6-4-7-14(8-10)9(2)12(16)17/h9-10H,3-8H2,1-2H3,(H,13,15)(H,16,17)/t9-,10+/m1/s1. The van der Waals surface area contributed by atoms with E-state index >= 15 is 0 Å². The number of nitrogens with one attached hydrogen (secondary N) is 1. The fourth-order valence-electron chi connectivity index (χ4n) is 2.16. The van der Waals surface area contributed by atoms with Gasteiger partial charge in [-0.05, 0) is 32.7 Å². The summed E-state index contributed by atoms with van der Waals surface area (Å²) in [5, 5.41) is 11.9. The number of aliphatic carboxylic acids is 1. The van der Waals surface area contributed by atoms with E-state index < -0.39 is 12.0 Å². The third-order valence-electron chi connectivity index (χ3n) is 3.20. The molecule has 17 heavy (non-hydrogen) atoms. The van der Waals surface area contributed by atoms with E-state index in [1.54, 1.807) is 6.92 Å². The zero-order valence-corrected chi connectivity index (χ0v) is 10.6. The number of amides is 1. The molecule has 0 aromatic carbocycles. The van der Waals surface area contributed by atoms with Crippen molar-refractivity contribution in [3.05, 3.63) is 0 Å². The Hall–Kier alpha value is -1.10. The molecule has 0 aromatic rings. The highest BCUT2D eigenvalue weighted by molar-refractivity contribution is 5.76. The summed E-state index contributed by atoms with van der Waals surface area (Å²) in [7, 11) is 0. The van der Waals surface area contributed by atoms with E-state index in [1.807, 2.05) is 11.8 Å². The van der Waals surface area contributed by atoms with E-state index in [4.69, 9.17) is 5.11 Å². The third-order valence-corrected chi connectivity index (χ3v) is 3.20. The molecule has 0 unspecified atom stereocenters. The summed E-state index contributed by atoms with van der Waals surface area (Å²) in [6.45, 7) is 5.11. The predicted octanol–water partition coefficient (Wildman–Crippen LogP) is 0.840. The lowest BCUT2D eigenvalue weighted by Gasteiger charge is -2.35. The maximum absolute atomic E-state index is 11.5. The fourth-order valence-corrected chi connectivity index (χ4v) is 2.16. The first-order chi connectivity index (χ1) is 8.04. The van der Waals surface area contributed by atoms with Gasteiger partial charge in [0, 0.05) is 19.0 Å². The van der Waals surface area contributed by atoms with Crippen LogP contribution in [0.15, 0.2) is 0 Å². The molecular weight excluding hydrogens is 220 g/mol. The molecule has 1 aliphatic rings. The largest absolute Gasteiger partial charge is 0.480 e. The fraction of sp³-hybridized carbons (Fsp3) is 0.833. The maximum atomic E-state index is 11.5. The second kappa shape index (κ2) is 6.59. The van der Waals surface area contributed by atoms with Crippen LogP contribution in [-0.2, 0) is 9.59 Å². The van der Waals surface area contributed by atoms with Gasteiger partial charge < -0.3 is 10.4 Å². The van der Waals surface area contributed by atoms with Gasteiger partial charge in [0.1, 0.15) is 6.04 Å². The molecule has 5 heteroatoms. The minimum atomic E-state index is -0.800. The first-order valence-corrected chi connectivity index (χ1v) is 6.30. The van der Waals surface area contributed by atoms with Crippen molar-refractivity contribution in [2.75, 3.05) is 13.1 Å². The number of piperidine rings is 1. The molecule has 2 N–H and O–H groups in total. The van der Waals surface area contributed by atoms with Crippen molar-refractivity contribution in [2.45, 2.75) is 51.6 Å². The van der Waals surface area contributed by atoms with Gasteiger partial charge in [0.2, 0.25) is 5.91 Å². The van der Waals surface area contributed by atoms with Gasteiger partial charge in [-0.2, -0.15) is 0 Å². The number of rotatable bonds is 5. The highest BCUT2D eigenvalue weighted by Crippen LogP contribution is 2.13. The summed E-state index contributed by atoms with van der Waals surface area (Å²) in [6, 6.07) is -0.370. The molecule has 1 amide bonds. The lowest BCUT2D eigenvalue weighted by molar-refractivity contribution is -0.143. The first-order valence-electron chi connectivity index (χ1n) is 6.30. The zero-order valence-electron chi connectivity index (χ0n) is 10.6. The van der Waals surface area contributed by atoms with Crippen LogP contribution < -0.4 is 5.32 Å². The van der Waals surface area contributed by atoms with E-state index in [9.17, 15) is 9.59 Å². The Morgan fingerprint density at radius 3 is 2.82 bits per heavy atom. The summed E-state index contributed by atoms with van der Waals surface area (Å²) >= 11 is 0. The van der Waals surface area contributed by atoms with Crippen molar-refractivity contribution < 1.29 is 14.7 Å². The topological polar surface area (TPSA) is 69.6 Å². The summed E-state index contributed by atoms with van der Waals surface area (Å²) < 4.78 is 0. The SMILES string of the molecule is CCCC(=O)N[C@H]1CCCN([C@H](C)C(=O)O)C1. The van der Waals surface area contributed by atoms with E-state index in [1.165, 1.54) is 0 Å². The summed E-state index contributed by atoms with van der Waals surface area (Å²) in [5.41, 5.74) is 0. The van der Waals surface area contributed by atoms with Gasteiger partial charge >= 0.3 is 5.97 Å². The van der Waals surface area contributed by atoms with Crippen molar-refractivity contribution in [2.24, 2.45) is 0 Å². The van der Waals surface area contributed by atoms with Crippen molar-refractivity contribution in [3.8, 4) is 0 Å². The summed E-state index contributed by atoms with van der Waals surface area (Å²) in [5.74, 6) is -0.729. The van der Waals surface area contributed by atoms with Gasteiger partial charge in [-0.25, -0.2) is 0 Å². The Bertz CT molecular complexity index is 281. The van der Waals surface area contributed by atoms with Crippen LogP contribution in [-0.4, -0.2) is 47.1 Å². The van der Waals surface area contributed by atoms with Crippen molar-refractivity contribution in [1.29, 1.82) is 0 Å². The smallest absolute Gasteiger partial charge is 0.320 e. The molecule has 0 radical (unpaired) electrons. The van der Waals surface area contributed by atoms with Gasteiger partial charge in [0.15, 0.2) is 0 Å². The number of carbonyl (C=O) groups excluding carboxylic acids is 1. The Morgan fingerprint density at radius 2 is 2.24 bits per heavy atom. The molecule has 1 heterocycles. The van der Waals surface area contributed by atoms with Gasteiger partial charge in [-0.1, -0.05) is 6.92 Å². The van der Waals surface area contributed by atoms with E-state index in [2.05, 4.69) is 5.32 Å². The molecule has 0 aromatic heterocycles. The van der Waals surface area contributed by atoms with Gasteiger partial charge in [-0.3, -0.25) is 14.5 Å². The number of hydrogen-bond donors (Lipinski definition) is 2. The number of likely N-dealkylation sites (tertiary alicyclic amines) is 1. The Balaban J connectivity index is 2.43. The molecule has 98 valence electrons. The van der Waals surface area contributed by atoms with Gasteiger partial charge in [-0.15, -0.1) is 0 Å². The molecule has 0 saturated carbocycles. The van der Waals surface area contributed by atoms with Crippen LogP contribution in [0.4, 0.5) is 0 Å². The number of hydrogen-bond acceptors (Lipinski definition) is 3. The highest BCUT2D eigenvalue weighted by Gasteiger charge is 2.27. The van der Waals surface area contributed by atoms with Crippen LogP contribution in [0.5, 0.6) is 0 Å². The molecule has 0 spiro atoms. The number of carboxylic acids is 1. The van der Waals surface area contributed by atoms with Crippen LogP contribution in [0.2, 0.25) is 0 Å². The maximum Gasteiger partial charge on any atom is 0.320 e. The zero-order chi connectivity index (χ0) is 12.8.